The molecule has 0 radical (unpaired) electrons. The van der Waals surface area contributed by atoms with Gasteiger partial charge in [0.05, 0.1) is 25.5 Å². The molecule has 0 aliphatic heterocycles. The Morgan fingerprint density at radius 1 is 1.23 bits per heavy atom. The number of unbranched alkanes of at least 4 members (excludes halogenated alkanes) is 1. The lowest BCUT2D eigenvalue weighted by atomic mass is 10.2. The Morgan fingerprint density at radius 2 is 2.00 bits per heavy atom. The number of hydrogen-bond acceptors (Lipinski definition) is 6. The number of amides is 1. The monoisotopic (exact) mass is 444 g/mol. The van der Waals surface area contributed by atoms with Gasteiger partial charge in [-0.1, -0.05) is 31.2 Å². The number of rotatable bonds is 10. The molecule has 0 aliphatic carbocycles. The number of methoxy groups -OCH3 is 2. The van der Waals surface area contributed by atoms with Crippen molar-refractivity contribution in [2.75, 3.05) is 20.0 Å². The average molecular weight is 445 g/mol. The maximum absolute atomic E-state index is 12.9. The quantitative estimate of drug-likeness (QED) is 0.368. The summed E-state index contributed by atoms with van der Waals surface area (Å²) in [5, 5.41) is 3.46. The molecule has 0 spiro atoms. The zero-order valence-electron chi connectivity index (χ0n) is 18.3. The summed E-state index contributed by atoms with van der Waals surface area (Å²) in [6.07, 6.45) is 1.83. The van der Waals surface area contributed by atoms with Gasteiger partial charge in [-0.2, -0.15) is 0 Å². The number of H-pyrrole nitrogens is 1. The topological polar surface area (TPSA) is 98.2 Å². The highest BCUT2D eigenvalue weighted by molar-refractivity contribution is 7.99. The van der Waals surface area contributed by atoms with Crippen LogP contribution in [0.3, 0.4) is 0 Å². The van der Waals surface area contributed by atoms with Crippen LogP contribution in [0.5, 0.6) is 11.5 Å². The molecule has 0 aliphatic rings. The Labute approximate surface area is 185 Å². The highest BCUT2D eigenvalue weighted by Crippen LogP contribution is 2.27. The lowest BCUT2D eigenvalue weighted by Gasteiger charge is -2.12. The second-order valence-corrected chi connectivity index (χ2v) is 8.11. The Bertz CT molecular complexity index is 1120. The van der Waals surface area contributed by atoms with E-state index in [4.69, 9.17) is 9.47 Å². The molecule has 2 heterocycles. The first-order valence-electron chi connectivity index (χ1n) is 10.2. The zero-order chi connectivity index (χ0) is 22.4. The summed E-state index contributed by atoms with van der Waals surface area (Å²) in [5.74, 6) is 1.28. The molecule has 166 valence electrons. The normalized spacial score (nSPS) is 11.0. The largest absolute Gasteiger partial charge is 0.493 e. The van der Waals surface area contributed by atoms with Crippen molar-refractivity contribution in [1.29, 1.82) is 0 Å². The van der Waals surface area contributed by atoms with Gasteiger partial charge in [0.2, 0.25) is 5.91 Å². The number of aromatic nitrogens is 3. The van der Waals surface area contributed by atoms with Gasteiger partial charge in [0.15, 0.2) is 16.7 Å². The predicted molar refractivity (Wildman–Crippen MR) is 122 cm³/mol. The molecule has 1 amide bonds. The molecule has 2 N–H and O–H groups in total. The van der Waals surface area contributed by atoms with Gasteiger partial charge in [-0.3, -0.25) is 14.2 Å². The Kier molecular flexibility index (Phi) is 7.62. The maximum Gasteiger partial charge on any atom is 0.278 e. The van der Waals surface area contributed by atoms with E-state index in [1.54, 1.807) is 24.9 Å². The van der Waals surface area contributed by atoms with Crippen molar-refractivity contribution in [2.45, 2.75) is 44.9 Å². The van der Waals surface area contributed by atoms with Gasteiger partial charge >= 0.3 is 0 Å². The number of carbonyl (C=O) groups is 1. The van der Waals surface area contributed by atoms with Crippen LogP contribution in [0, 0.1) is 6.92 Å². The van der Waals surface area contributed by atoms with Crippen LogP contribution in [0.25, 0.3) is 11.0 Å². The summed E-state index contributed by atoms with van der Waals surface area (Å²) in [4.78, 5) is 33.0. The second-order valence-electron chi connectivity index (χ2n) is 7.17. The standard InChI is InChI=1S/C22H28N4O4S/c1-5-6-9-26-21(28)20-16(10-14(2)24-20)25-22(26)31-13-19(27)23-12-15-7-8-17(29-3)18(11-15)30-4/h7-8,10-11,24H,5-6,9,12-13H2,1-4H3,(H,23,27). The molecular formula is C22H28N4O4S. The number of fused-ring (bicyclic) bond motifs is 1. The van der Waals surface area contributed by atoms with Crippen LogP contribution >= 0.6 is 11.8 Å². The fraction of sp³-hybridized carbons (Fsp3) is 0.409. The first-order chi connectivity index (χ1) is 15.0. The van der Waals surface area contributed by atoms with Crippen LogP contribution in [-0.2, 0) is 17.9 Å². The molecular weight excluding hydrogens is 416 g/mol. The molecule has 1 aromatic carbocycles. The number of benzene rings is 1. The maximum atomic E-state index is 12.9. The van der Waals surface area contributed by atoms with Gasteiger partial charge in [-0.05, 0) is 37.1 Å². The molecule has 3 rings (SSSR count). The van der Waals surface area contributed by atoms with Crippen molar-refractivity contribution in [2.24, 2.45) is 0 Å². The van der Waals surface area contributed by atoms with E-state index in [2.05, 4.69) is 22.2 Å². The summed E-state index contributed by atoms with van der Waals surface area (Å²) in [7, 11) is 3.15. The van der Waals surface area contributed by atoms with E-state index in [9.17, 15) is 9.59 Å². The van der Waals surface area contributed by atoms with Crippen LogP contribution < -0.4 is 20.3 Å². The fourth-order valence-corrected chi connectivity index (χ4v) is 4.06. The van der Waals surface area contributed by atoms with E-state index in [1.165, 1.54) is 11.8 Å². The van der Waals surface area contributed by atoms with Crippen molar-refractivity contribution in [1.82, 2.24) is 19.9 Å². The smallest absolute Gasteiger partial charge is 0.278 e. The summed E-state index contributed by atoms with van der Waals surface area (Å²) < 4.78 is 12.2. The number of thioether (sulfide) groups is 1. The molecule has 31 heavy (non-hydrogen) atoms. The van der Waals surface area contributed by atoms with Gasteiger partial charge in [-0.25, -0.2) is 4.98 Å². The number of carbonyl (C=O) groups excluding carboxylic acids is 1. The lowest BCUT2D eigenvalue weighted by molar-refractivity contribution is -0.118. The Hall–Kier alpha value is -2.94. The van der Waals surface area contributed by atoms with E-state index in [-0.39, 0.29) is 17.2 Å². The third-order valence-corrected chi connectivity index (χ3v) is 5.82. The molecule has 3 aromatic rings. The SMILES string of the molecule is CCCCn1c(SCC(=O)NCc2ccc(OC)c(OC)c2)nc2cc(C)[nH]c2c1=O. The zero-order valence-corrected chi connectivity index (χ0v) is 19.1. The number of ether oxygens (including phenoxy) is 2. The van der Waals surface area contributed by atoms with Gasteiger partial charge in [0.1, 0.15) is 5.52 Å². The highest BCUT2D eigenvalue weighted by Gasteiger charge is 2.15. The Balaban J connectivity index is 1.68. The van der Waals surface area contributed by atoms with Crippen LogP contribution in [0.15, 0.2) is 34.2 Å². The number of aryl methyl sites for hydroxylation is 1. The molecule has 0 fully saturated rings. The van der Waals surface area contributed by atoms with E-state index in [0.29, 0.717) is 40.8 Å². The first kappa shape index (κ1) is 22.7. The molecule has 8 nitrogen and oxygen atoms in total. The molecule has 9 heteroatoms. The van der Waals surface area contributed by atoms with Crippen molar-refractivity contribution in [3.8, 4) is 11.5 Å². The minimum absolute atomic E-state index is 0.0974. The Morgan fingerprint density at radius 3 is 2.71 bits per heavy atom. The number of nitrogens with one attached hydrogen (secondary N) is 2. The van der Waals surface area contributed by atoms with E-state index in [0.717, 1.165) is 24.1 Å². The van der Waals surface area contributed by atoms with Crippen molar-refractivity contribution in [3.05, 3.63) is 45.9 Å². The van der Waals surface area contributed by atoms with Crippen LogP contribution in [0.4, 0.5) is 0 Å². The molecule has 0 unspecified atom stereocenters. The van der Waals surface area contributed by atoms with E-state index < -0.39 is 0 Å². The van der Waals surface area contributed by atoms with Crippen molar-refractivity contribution in [3.63, 3.8) is 0 Å². The summed E-state index contributed by atoms with van der Waals surface area (Å²) in [6.45, 7) is 4.91. The van der Waals surface area contributed by atoms with Crippen molar-refractivity contribution < 1.29 is 14.3 Å². The van der Waals surface area contributed by atoms with Gasteiger partial charge in [-0.15, -0.1) is 0 Å². The molecule has 0 atom stereocenters. The fourth-order valence-electron chi connectivity index (χ4n) is 3.21. The van der Waals surface area contributed by atoms with E-state index in [1.807, 2.05) is 25.1 Å². The van der Waals surface area contributed by atoms with Gasteiger partial charge in [0.25, 0.3) is 5.56 Å². The summed E-state index contributed by atoms with van der Waals surface area (Å²) in [5.41, 5.74) is 2.83. The van der Waals surface area contributed by atoms with Crippen LogP contribution in [0.1, 0.15) is 31.0 Å². The third kappa shape index (κ3) is 5.41. The number of nitrogens with zero attached hydrogens (tertiary/aromatic N) is 2. The van der Waals surface area contributed by atoms with Crippen LogP contribution in [0.2, 0.25) is 0 Å². The van der Waals surface area contributed by atoms with Gasteiger partial charge < -0.3 is 19.8 Å². The predicted octanol–water partition coefficient (Wildman–Crippen LogP) is 3.26. The summed E-state index contributed by atoms with van der Waals surface area (Å²) >= 11 is 1.27. The highest BCUT2D eigenvalue weighted by atomic mass is 32.2. The van der Waals surface area contributed by atoms with E-state index >= 15 is 0 Å². The second kappa shape index (κ2) is 10.4. The summed E-state index contributed by atoms with van der Waals surface area (Å²) in [6, 6.07) is 7.36. The van der Waals surface area contributed by atoms with Gasteiger partial charge in [0, 0.05) is 18.8 Å². The minimum atomic E-state index is -0.138. The third-order valence-electron chi connectivity index (χ3n) is 4.84. The number of aromatic amines is 1. The first-order valence-corrected chi connectivity index (χ1v) is 11.2. The molecule has 0 saturated heterocycles. The molecule has 0 saturated carbocycles. The lowest BCUT2D eigenvalue weighted by Crippen LogP contribution is -2.27. The minimum Gasteiger partial charge on any atom is -0.493 e. The van der Waals surface area contributed by atoms with Crippen LogP contribution in [-0.4, -0.2) is 40.4 Å². The average Bonchev–Trinajstić information content (AvgIpc) is 3.16. The molecule has 2 aromatic heterocycles. The van der Waals surface area contributed by atoms with Crippen molar-refractivity contribution >= 4 is 28.7 Å². The number of hydrogen-bond donors (Lipinski definition) is 2. The molecule has 0 bridgehead atoms.